The summed E-state index contributed by atoms with van der Waals surface area (Å²) in [4.78, 5) is 28.7. The van der Waals surface area contributed by atoms with E-state index in [9.17, 15) is 14.9 Å². The van der Waals surface area contributed by atoms with Gasteiger partial charge in [0.1, 0.15) is 23.1 Å². The zero-order chi connectivity index (χ0) is 18.1. The number of hydrogen-bond acceptors (Lipinski definition) is 7. The average molecular weight is 341 g/mol. The molecule has 1 atom stereocenters. The van der Waals surface area contributed by atoms with Crippen LogP contribution in [0.5, 0.6) is 11.5 Å². The van der Waals surface area contributed by atoms with Gasteiger partial charge in [0.15, 0.2) is 0 Å². The maximum Gasteiger partial charge on any atom is 0.327 e. The number of rotatable bonds is 3. The van der Waals surface area contributed by atoms with Gasteiger partial charge in [-0.25, -0.2) is 4.79 Å². The van der Waals surface area contributed by atoms with Crippen molar-refractivity contribution in [3.8, 4) is 17.6 Å². The summed E-state index contributed by atoms with van der Waals surface area (Å²) < 4.78 is 10.6. The number of nitrogens with two attached hydrogens (primary N) is 1. The van der Waals surface area contributed by atoms with E-state index in [-0.39, 0.29) is 22.8 Å². The number of nitrogens with one attached hydrogen (secondary N) is 3. The highest BCUT2D eigenvalue weighted by Gasteiger charge is 2.34. The van der Waals surface area contributed by atoms with E-state index < -0.39 is 17.2 Å². The Hall–Kier alpha value is -3.67. The maximum atomic E-state index is 12.4. The second-order valence-corrected chi connectivity index (χ2v) is 5.30. The third kappa shape index (κ3) is 2.59. The van der Waals surface area contributed by atoms with Crippen molar-refractivity contribution in [1.82, 2.24) is 9.97 Å². The number of aromatic nitrogens is 2. The number of aromatic amines is 2. The molecule has 3 rings (SSSR count). The van der Waals surface area contributed by atoms with Crippen LogP contribution in [-0.4, -0.2) is 24.2 Å². The van der Waals surface area contributed by atoms with Gasteiger partial charge in [-0.1, -0.05) is 0 Å². The first-order valence-electron chi connectivity index (χ1n) is 7.25. The Labute approximate surface area is 141 Å². The number of H-pyrrole nitrogens is 2. The van der Waals surface area contributed by atoms with Crippen molar-refractivity contribution in [1.29, 1.82) is 5.26 Å². The first-order chi connectivity index (χ1) is 12.0. The van der Waals surface area contributed by atoms with Gasteiger partial charge in [-0.2, -0.15) is 5.26 Å². The van der Waals surface area contributed by atoms with Crippen molar-refractivity contribution < 1.29 is 9.47 Å². The van der Waals surface area contributed by atoms with E-state index in [1.165, 1.54) is 14.2 Å². The van der Waals surface area contributed by atoms with Gasteiger partial charge in [-0.15, -0.1) is 0 Å². The molecule has 1 aromatic heterocycles. The van der Waals surface area contributed by atoms with Crippen LogP contribution >= 0.6 is 0 Å². The average Bonchev–Trinajstić information content (AvgIpc) is 2.59. The van der Waals surface area contributed by atoms with Gasteiger partial charge in [-0.3, -0.25) is 14.8 Å². The number of nitrogens with zero attached hydrogens (tertiary/aromatic N) is 1. The fraction of sp³-hybridized carbons (Fsp3) is 0.188. The van der Waals surface area contributed by atoms with E-state index in [1.807, 2.05) is 6.07 Å². The molecule has 0 amide bonds. The molecule has 1 aliphatic heterocycles. The van der Waals surface area contributed by atoms with Gasteiger partial charge in [0.2, 0.25) is 0 Å². The first kappa shape index (κ1) is 16.2. The van der Waals surface area contributed by atoms with Crippen molar-refractivity contribution >= 4 is 5.82 Å². The predicted octanol–water partition coefficient (Wildman–Crippen LogP) is 0.332. The highest BCUT2D eigenvalue weighted by molar-refractivity contribution is 5.65. The van der Waals surface area contributed by atoms with Crippen LogP contribution in [0.15, 0.2) is 39.2 Å². The molecule has 0 saturated heterocycles. The zero-order valence-corrected chi connectivity index (χ0v) is 13.5. The Kier molecular flexibility index (Phi) is 3.94. The largest absolute Gasteiger partial charge is 0.497 e. The molecule has 5 N–H and O–H groups in total. The van der Waals surface area contributed by atoms with Crippen molar-refractivity contribution in [2.75, 3.05) is 19.5 Å². The highest BCUT2D eigenvalue weighted by atomic mass is 16.5. The van der Waals surface area contributed by atoms with Crippen LogP contribution in [0.3, 0.4) is 0 Å². The SMILES string of the molecule is COc1ccc(OC)c(C2C(C#N)=C(N)Nc3[nH]c(=O)[nH]c(=O)c32)c1. The lowest BCUT2D eigenvalue weighted by molar-refractivity contribution is 0.398. The van der Waals surface area contributed by atoms with Crippen molar-refractivity contribution in [2.45, 2.75) is 5.92 Å². The number of benzene rings is 1. The molecule has 9 nitrogen and oxygen atoms in total. The van der Waals surface area contributed by atoms with E-state index in [2.05, 4.69) is 15.3 Å². The minimum atomic E-state index is -0.827. The minimum absolute atomic E-state index is 0.0473. The molecule has 9 heteroatoms. The third-order valence-electron chi connectivity index (χ3n) is 3.98. The quantitative estimate of drug-likeness (QED) is 0.629. The fourth-order valence-electron chi connectivity index (χ4n) is 2.87. The molecule has 0 aliphatic carbocycles. The maximum absolute atomic E-state index is 12.4. The molecule has 0 spiro atoms. The van der Waals surface area contributed by atoms with Gasteiger partial charge >= 0.3 is 5.69 Å². The van der Waals surface area contributed by atoms with Crippen LogP contribution in [0.25, 0.3) is 0 Å². The van der Waals surface area contributed by atoms with Gasteiger partial charge in [0, 0.05) is 5.56 Å². The highest BCUT2D eigenvalue weighted by Crippen LogP contribution is 2.42. The number of nitriles is 1. The number of anilines is 1. The first-order valence-corrected chi connectivity index (χ1v) is 7.25. The van der Waals surface area contributed by atoms with E-state index in [1.54, 1.807) is 18.2 Å². The topological polar surface area (TPSA) is 146 Å². The van der Waals surface area contributed by atoms with Crippen LogP contribution in [0.2, 0.25) is 0 Å². The summed E-state index contributed by atoms with van der Waals surface area (Å²) in [5.74, 6) is 0.329. The number of ether oxygens (including phenoxy) is 2. The normalized spacial score (nSPS) is 15.8. The smallest absolute Gasteiger partial charge is 0.327 e. The summed E-state index contributed by atoms with van der Waals surface area (Å²) >= 11 is 0. The van der Waals surface area contributed by atoms with Gasteiger partial charge < -0.3 is 20.5 Å². The van der Waals surface area contributed by atoms with Crippen LogP contribution in [0.1, 0.15) is 17.0 Å². The second kappa shape index (κ2) is 6.09. The number of hydrogen-bond donors (Lipinski definition) is 4. The summed E-state index contributed by atoms with van der Waals surface area (Å²) in [5.41, 5.74) is 5.45. The Morgan fingerprint density at radius 2 is 1.96 bits per heavy atom. The van der Waals surface area contributed by atoms with E-state index in [0.717, 1.165) is 0 Å². The molecule has 1 unspecified atom stereocenters. The predicted molar refractivity (Wildman–Crippen MR) is 89.5 cm³/mol. The molecule has 0 fully saturated rings. The molecule has 2 heterocycles. The van der Waals surface area contributed by atoms with E-state index in [4.69, 9.17) is 15.2 Å². The van der Waals surface area contributed by atoms with Gasteiger partial charge in [0.05, 0.1) is 37.3 Å². The third-order valence-corrected chi connectivity index (χ3v) is 3.98. The van der Waals surface area contributed by atoms with E-state index >= 15 is 0 Å². The molecule has 1 aromatic carbocycles. The zero-order valence-electron chi connectivity index (χ0n) is 13.5. The lowest BCUT2D eigenvalue weighted by Crippen LogP contribution is -2.34. The summed E-state index contributed by atoms with van der Waals surface area (Å²) in [6.07, 6.45) is 0. The van der Waals surface area contributed by atoms with Crippen molar-refractivity contribution in [2.24, 2.45) is 5.73 Å². The summed E-state index contributed by atoms with van der Waals surface area (Å²) in [6, 6.07) is 7.05. The molecule has 1 aliphatic rings. The number of fused-ring (bicyclic) bond motifs is 1. The molecule has 25 heavy (non-hydrogen) atoms. The molecule has 2 aromatic rings. The Balaban J connectivity index is 2.37. The molecular formula is C16H15N5O4. The lowest BCUT2D eigenvalue weighted by atomic mass is 9.83. The molecule has 0 saturated carbocycles. The Morgan fingerprint density at radius 1 is 1.20 bits per heavy atom. The summed E-state index contributed by atoms with van der Waals surface area (Å²) in [6.45, 7) is 0. The van der Waals surface area contributed by atoms with Crippen LogP contribution in [-0.2, 0) is 0 Å². The fourth-order valence-corrected chi connectivity index (χ4v) is 2.87. The van der Waals surface area contributed by atoms with Crippen LogP contribution < -0.4 is 31.8 Å². The van der Waals surface area contributed by atoms with Crippen molar-refractivity contribution in [3.63, 3.8) is 0 Å². The van der Waals surface area contributed by atoms with E-state index in [0.29, 0.717) is 17.1 Å². The molecule has 0 radical (unpaired) electrons. The summed E-state index contributed by atoms with van der Waals surface area (Å²) in [5, 5.41) is 12.3. The van der Waals surface area contributed by atoms with Crippen LogP contribution in [0, 0.1) is 11.3 Å². The Morgan fingerprint density at radius 3 is 2.60 bits per heavy atom. The molecular weight excluding hydrogens is 326 g/mol. The Bertz CT molecular complexity index is 1030. The monoisotopic (exact) mass is 341 g/mol. The summed E-state index contributed by atoms with van der Waals surface area (Å²) in [7, 11) is 2.98. The lowest BCUT2D eigenvalue weighted by Gasteiger charge is -2.27. The number of allylic oxidation sites excluding steroid dienone is 1. The van der Waals surface area contributed by atoms with Crippen molar-refractivity contribution in [3.05, 3.63) is 61.6 Å². The molecule has 0 bridgehead atoms. The van der Waals surface area contributed by atoms with Crippen LogP contribution in [0.4, 0.5) is 5.82 Å². The number of methoxy groups -OCH3 is 2. The second-order valence-electron chi connectivity index (χ2n) is 5.30. The standard InChI is InChI=1S/C16H15N5O4/c1-24-7-3-4-10(25-2)8(5-7)11-9(6-17)13(18)19-14-12(11)15(22)21-16(23)20-14/h3-5,11H,18H2,1-2H3,(H3,19,20,21,22,23). The van der Waals surface area contributed by atoms with Gasteiger partial charge in [-0.05, 0) is 18.2 Å². The molecule has 128 valence electrons. The van der Waals surface area contributed by atoms with Gasteiger partial charge in [0.25, 0.3) is 5.56 Å². The minimum Gasteiger partial charge on any atom is -0.497 e.